The Kier molecular flexibility index (Phi) is 6.46. The van der Waals surface area contributed by atoms with Crippen molar-refractivity contribution in [2.24, 2.45) is 0 Å². The molecule has 0 saturated heterocycles. The van der Waals surface area contributed by atoms with E-state index in [0.717, 1.165) is 50.2 Å². The number of nitrogens with one attached hydrogen (secondary N) is 1. The Morgan fingerprint density at radius 3 is 2.74 bits per heavy atom. The van der Waals surface area contributed by atoms with Crippen LogP contribution in [0.2, 0.25) is 0 Å². The number of ether oxygens (including phenoxy) is 1. The smallest absolute Gasteiger partial charge is 0.241 e. The lowest BCUT2D eigenvalue weighted by molar-refractivity contribution is -0.121. The maximum Gasteiger partial charge on any atom is 0.241 e. The second-order valence-electron chi connectivity index (χ2n) is 6.29. The van der Waals surface area contributed by atoms with Gasteiger partial charge in [-0.1, -0.05) is 45.7 Å². The van der Waals surface area contributed by atoms with Crippen LogP contribution >= 0.6 is 0 Å². The highest BCUT2D eigenvalue weighted by atomic mass is 16.5. The van der Waals surface area contributed by atoms with Crippen LogP contribution < -0.4 is 10.1 Å². The number of benzene rings is 1. The van der Waals surface area contributed by atoms with E-state index >= 15 is 0 Å². The quantitative estimate of drug-likeness (QED) is 0.791. The van der Waals surface area contributed by atoms with E-state index in [9.17, 15) is 4.79 Å². The summed E-state index contributed by atoms with van der Waals surface area (Å²) in [6.45, 7) is 10.2. The average molecular weight is 318 g/mol. The second-order valence-corrected chi connectivity index (χ2v) is 6.29. The van der Waals surface area contributed by atoms with Crippen molar-refractivity contribution in [3.63, 3.8) is 0 Å². The zero-order valence-electron chi connectivity index (χ0n) is 14.9. The Morgan fingerprint density at radius 1 is 1.35 bits per heavy atom. The fourth-order valence-electron chi connectivity index (χ4n) is 3.29. The Hall–Kier alpha value is -1.55. The van der Waals surface area contributed by atoms with Crippen LogP contribution in [0.25, 0.3) is 0 Å². The van der Waals surface area contributed by atoms with Gasteiger partial charge in [0.05, 0.1) is 11.7 Å². The number of anilines is 1. The van der Waals surface area contributed by atoms with Crippen molar-refractivity contribution in [2.75, 3.05) is 18.4 Å². The number of para-hydroxylation sites is 1. The van der Waals surface area contributed by atoms with Gasteiger partial charge in [0.1, 0.15) is 11.9 Å². The molecule has 4 nitrogen and oxygen atoms in total. The molecule has 1 aromatic carbocycles. The van der Waals surface area contributed by atoms with Gasteiger partial charge in [-0.25, -0.2) is 0 Å². The molecule has 2 rings (SSSR count). The molecular weight excluding hydrogens is 288 g/mol. The summed E-state index contributed by atoms with van der Waals surface area (Å²) >= 11 is 0. The van der Waals surface area contributed by atoms with Gasteiger partial charge < -0.3 is 10.1 Å². The van der Waals surface area contributed by atoms with E-state index in [0.29, 0.717) is 0 Å². The summed E-state index contributed by atoms with van der Waals surface area (Å²) in [5.74, 6) is 0.931. The number of rotatable bonds is 8. The summed E-state index contributed by atoms with van der Waals surface area (Å²) in [5.41, 5.74) is 1.99. The summed E-state index contributed by atoms with van der Waals surface area (Å²) < 4.78 is 5.88. The number of carbonyl (C=O) groups is 1. The normalized spacial score (nSPS) is 17.7. The summed E-state index contributed by atoms with van der Waals surface area (Å²) in [6, 6.07) is 5.94. The molecule has 0 unspecified atom stereocenters. The van der Waals surface area contributed by atoms with Gasteiger partial charge >= 0.3 is 0 Å². The minimum Gasteiger partial charge on any atom is -0.488 e. The highest BCUT2D eigenvalue weighted by Crippen LogP contribution is 2.36. The van der Waals surface area contributed by atoms with Crippen LogP contribution in [0.5, 0.6) is 5.75 Å². The predicted octanol–water partition coefficient (Wildman–Crippen LogP) is 3.85. The van der Waals surface area contributed by atoms with E-state index < -0.39 is 0 Å². The second kappa shape index (κ2) is 8.34. The van der Waals surface area contributed by atoms with E-state index in [-0.39, 0.29) is 18.1 Å². The van der Waals surface area contributed by atoms with Crippen molar-refractivity contribution in [3.8, 4) is 5.75 Å². The Balaban J connectivity index is 2.14. The molecule has 0 bridgehead atoms. The van der Waals surface area contributed by atoms with Crippen LogP contribution in [-0.4, -0.2) is 36.0 Å². The third-order valence-corrected chi connectivity index (χ3v) is 4.57. The maximum atomic E-state index is 12.9. The molecule has 1 aromatic rings. The maximum absolute atomic E-state index is 12.9. The molecule has 23 heavy (non-hydrogen) atoms. The van der Waals surface area contributed by atoms with Gasteiger partial charge in [0.25, 0.3) is 0 Å². The first-order valence-electron chi connectivity index (χ1n) is 8.94. The summed E-state index contributed by atoms with van der Waals surface area (Å²) in [6.07, 6.45) is 4.16. The molecule has 0 fully saturated rings. The highest BCUT2D eigenvalue weighted by Gasteiger charge is 2.27. The first-order chi connectivity index (χ1) is 11.1. The van der Waals surface area contributed by atoms with Crippen LogP contribution in [0.3, 0.4) is 0 Å². The molecule has 1 N–H and O–H groups in total. The number of fused-ring (bicyclic) bond motifs is 1. The zero-order valence-corrected chi connectivity index (χ0v) is 14.9. The van der Waals surface area contributed by atoms with Gasteiger partial charge in [-0.15, -0.1) is 0 Å². The van der Waals surface area contributed by atoms with Gasteiger partial charge in [0.15, 0.2) is 0 Å². The number of hydrogen-bond donors (Lipinski definition) is 1. The van der Waals surface area contributed by atoms with Crippen LogP contribution in [0.15, 0.2) is 18.2 Å². The fraction of sp³-hybridized carbons (Fsp3) is 0.632. The number of amides is 1. The van der Waals surface area contributed by atoms with Crippen molar-refractivity contribution in [1.82, 2.24) is 4.90 Å². The summed E-state index contributed by atoms with van der Waals surface area (Å²) in [7, 11) is 0. The third kappa shape index (κ3) is 4.25. The van der Waals surface area contributed by atoms with Gasteiger partial charge in [0, 0.05) is 6.42 Å². The van der Waals surface area contributed by atoms with Gasteiger partial charge in [-0.3, -0.25) is 9.69 Å². The molecule has 1 heterocycles. The average Bonchev–Trinajstić information content (AvgIpc) is 2.92. The molecule has 0 aliphatic carbocycles. The topological polar surface area (TPSA) is 41.6 Å². The highest BCUT2D eigenvalue weighted by molar-refractivity contribution is 5.96. The SMILES string of the molecule is CCCC[C@H](C(=O)Nc1cccc2c1O[C@@H](C)C2)N(CC)CC. The minimum atomic E-state index is -0.0698. The molecular formula is C19H30N2O2. The van der Waals surface area contributed by atoms with E-state index in [4.69, 9.17) is 4.74 Å². The number of carbonyl (C=O) groups excluding carboxylic acids is 1. The lowest BCUT2D eigenvalue weighted by atomic mass is 10.1. The molecule has 128 valence electrons. The van der Waals surface area contributed by atoms with Crippen molar-refractivity contribution < 1.29 is 9.53 Å². The molecule has 4 heteroatoms. The number of hydrogen-bond acceptors (Lipinski definition) is 3. The molecule has 0 spiro atoms. The van der Waals surface area contributed by atoms with E-state index in [1.807, 2.05) is 12.1 Å². The van der Waals surface area contributed by atoms with E-state index in [1.165, 1.54) is 5.56 Å². The molecule has 1 aliphatic heterocycles. The number of likely N-dealkylation sites (N-methyl/N-ethyl adjacent to an activating group) is 1. The van der Waals surface area contributed by atoms with Crippen molar-refractivity contribution >= 4 is 11.6 Å². The van der Waals surface area contributed by atoms with Gasteiger partial charge in [-0.05, 0) is 38.1 Å². The van der Waals surface area contributed by atoms with Crippen molar-refractivity contribution in [2.45, 2.75) is 65.5 Å². The van der Waals surface area contributed by atoms with E-state index in [2.05, 4.69) is 44.0 Å². The molecule has 0 radical (unpaired) electrons. The van der Waals surface area contributed by atoms with Gasteiger partial charge in [-0.2, -0.15) is 0 Å². The van der Waals surface area contributed by atoms with Crippen LogP contribution in [0.4, 0.5) is 5.69 Å². The third-order valence-electron chi connectivity index (χ3n) is 4.57. The molecule has 2 atom stereocenters. The van der Waals surface area contributed by atoms with E-state index in [1.54, 1.807) is 0 Å². The monoisotopic (exact) mass is 318 g/mol. The lowest BCUT2D eigenvalue weighted by Crippen LogP contribution is -2.44. The van der Waals surface area contributed by atoms with Crippen molar-refractivity contribution in [1.29, 1.82) is 0 Å². The standard InChI is InChI=1S/C19H30N2O2/c1-5-8-12-17(21(6-2)7-3)19(22)20-16-11-9-10-15-13-14(4)23-18(15)16/h9-11,14,17H,5-8,12-13H2,1-4H3,(H,20,22)/t14-,17+/m0/s1. The summed E-state index contributed by atoms with van der Waals surface area (Å²) in [5, 5.41) is 3.12. The molecule has 0 saturated carbocycles. The first-order valence-corrected chi connectivity index (χ1v) is 8.94. The lowest BCUT2D eigenvalue weighted by Gasteiger charge is -2.28. The Bertz CT molecular complexity index is 526. The molecule has 0 aromatic heterocycles. The van der Waals surface area contributed by atoms with Gasteiger partial charge in [0.2, 0.25) is 5.91 Å². The molecule has 1 amide bonds. The van der Waals surface area contributed by atoms with Crippen LogP contribution in [0.1, 0.15) is 52.5 Å². The predicted molar refractivity (Wildman–Crippen MR) is 95.1 cm³/mol. The molecule has 1 aliphatic rings. The van der Waals surface area contributed by atoms with Crippen LogP contribution in [0, 0.1) is 0 Å². The van der Waals surface area contributed by atoms with Crippen LogP contribution in [-0.2, 0) is 11.2 Å². The Labute approximate surface area is 140 Å². The summed E-state index contributed by atoms with van der Waals surface area (Å²) in [4.78, 5) is 15.1. The van der Waals surface area contributed by atoms with Crippen molar-refractivity contribution in [3.05, 3.63) is 23.8 Å². The number of nitrogens with zero attached hydrogens (tertiary/aromatic N) is 1. The Morgan fingerprint density at radius 2 is 2.09 bits per heavy atom. The largest absolute Gasteiger partial charge is 0.488 e. The minimum absolute atomic E-state index is 0.0698. The zero-order chi connectivity index (χ0) is 16.8. The first kappa shape index (κ1) is 17.8. The number of unbranched alkanes of at least 4 members (excludes halogenated alkanes) is 1. The fourth-order valence-corrected chi connectivity index (χ4v) is 3.29.